The number of amides is 4. The zero-order chi connectivity index (χ0) is 20.0. The van der Waals surface area contributed by atoms with Crippen LogP contribution in [0.25, 0.3) is 11.1 Å². The summed E-state index contributed by atoms with van der Waals surface area (Å²) in [5, 5.41) is 0. The number of hydrogen-bond donors (Lipinski definition) is 0. The molecule has 0 radical (unpaired) electrons. The molecular weight excluding hydrogens is 356 g/mol. The molecule has 2 aliphatic heterocycles. The number of hydrogen-bond acceptors (Lipinski definition) is 4. The Morgan fingerprint density at radius 3 is 1.93 bits per heavy atom. The van der Waals surface area contributed by atoms with E-state index in [0.29, 0.717) is 27.8 Å². The Bertz CT molecular complexity index is 1100. The lowest BCUT2D eigenvalue weighted by Crippen LogP contribution is -2.29. The van der Waals surface area contributed by atoms with Crippen molar-refractivity contribution in [1.82, 2.24) is 9.80 Å². The van der Waals surface area contributed by atoms with E-state index in [9.17, 15) is 19.2 Å². The zero-order valence-corrected chi connectivity index (χ0v) is 15.0. The maximum atomic E-state index is 12.8. The van der Waals surface area contributed by atoms with Crippen LogP contribution < -0.4 is 0 Å². The van der Waals surface area contributed by atoms with Gasteiger partial charge in [-0.1, -0.05) is 30.4 Å². The maximum Gasteiger partial charge on any atom is 0.262 e. The van der Waals surface area contributed by atoms with E-state index >= 15 is 0 Å². The number of imide groups is 2. The van der Waals surface area contributed by atoms with Gasteiger partial charge in [0.1, 0.15) is 0 Å². The minimum Gasteiger partial charge on any atom is -0.270 e. The molecule has 138 valence electrons. The van der Waals surface area contributed by atoms with E-state index in [0.717, 1.165) is 9.80 Å². The van der Waals surface area contributed by atoms with Gasteiger partial charge in [-0.2, -0.15) is 0 Å². The normalized spacial score (nSPS) is 15.1. The summed E-state index contributed by atoms with van der Waals surface area (Å²) < 4.78 is 0. The lowest BCUT2D eigenvalue weighted by molar-refractivity contribution is 0.0656. The second-order valence-electron chi connectivity index (χ2n) is 6.51. The SMILES string of the molecule is C=CCN1C(=O)c2ccc(-c3cccc4c3C(=O)N(CC=C)C4=O)cc2C1=O. The number of carbonyl (C=O) groups excluding carboxylic acids is 4. The van der Waals surface area contributed by atoms with Crippen LogP contribution in [0.15, 0.2) is 61.7 Å². The van der Waals surface area contributed by atoms with Crippen molar-refractivity contribution in [1.29, 1.82) is 0 Å². The first-order valence-corrected chi connectivity index (χ1v) is 8.71. The molecule has 0 aliphatic carbocycles. The summed E-state index contributed by atoms with van der Waals surface area (Å²) in [5.41, 5.74) is 2.36. The summed E-state index contributed by atoms with van der Waals surface area (Å²) in [6.07, 6.45) is 2.99. The van der Waals surface area contributed by atoms with Crippen molar-refractivity contribution in [3.8, 4) is 11.1 Å². The fraction of sp³-hybridized carbons (Fsp3) is 0.0909. The molecule has 0 saturated carbocycles. The summed E-state index contributed by atoms with van der Waals surface area (Å²) in [7, 11) is 0. The minimum absolute atomic E-state index is 0.124. The molecule has 28 heavy (non-hydrogen) atoms. The second-order valence-corrected chi connectivity index (χ2v) is 6.51. The average molecular weight is 372 g/mol. The first-order chi connectivity index (χ1) is 13.5. The Kier molecular flexibility index (Phi) is 4.04. The Morgan fingerprint density at radius 1 is 0.679 bits per heavy atom. The van der Waals surface area contributed by atoms with E-state index < -0.39 is 11.8 Å². The predicted octanol–water partition coefficient (Wildman–Crippen LogP) is 2.92. The first-order valence-electron chi connectivity index (χ1n) is 8.71. The van der Waals surface area contributed by atoms with Gasteiger partial charge in [-0.3, -0.25) is 29.0 Å². The van der Waals surface area contributed by atoms with Gasteiger partial charge in [-0.25, -0.2) is 0 Å². The molecule has 0 N–H and O–H groups in total. The van der Waals surface area contributed by atoms with E-state index in [1.54, 1.807) is 36.4 Å². The van der Waals surface area contributed by atoms with Crippen LogP contribution >= 0.6 is 0 Å². The first kappa shape index (κ1) is 17.6. The van der Waals surface area contributed by atoms with Gasteiger partial charge in [0.2, 0.25) is 0 Å². The Hall–Kier alpha value is -3.80. The van der Waals surface area contributed by atoms with Gasteiger partial charge >= 0.3 is 0 Å². The Morgan fingerprint density at radius 2 is 1.25 bits per heavy atom. The molecule has 6 nitrogen and oxygen atoms in total. The highest BCUT2D eigenvalue weighted by Crippen LogP contribution is 2.35. The molecule has 0 fully saturated rings. The van der Waals surface area contributed by atoms with Crippen LogP contribution in [-0.4, -0.2) is 46.5 Å². The van der Waals surface area contributed by atoms with E-state index in [1.807, 2.05) is 0 Å². The third-order valence-electron chi connectivity index (χ3n) is 4.90. The molecule has 2 heterocycles. The van der Waals surface area contributed by atoms with Crippen molar-refractivity contribution in [3.63, 3.8) is 0 Å². The fourth-order valence-corrected chi connectivity index (χ4v) is 3.62. The molecular formula is C22H16N2O4. The average Bonchev–Trinajstić information content (AvgIpc) is 3.09. The molecule has 0 saturated heterocycles. The standard InChI is InChI=1S/C22H16N2O4/c1-3-10-23-19(25)15-9-8-13(12-17(15)21(23)27)14-6-5-7-16-18(14)22(28)24(11-4-2)20(16)26/h3-9,12H,1-2,10-11H2. The van der Waals surface area contributed by atoms with Crippen LogP contribution in [-0.2, 0) is 0 Å². The van der Waals surface area contributed by atoms with Crippen LogP contribution in [0.4, 0.5) is 0 Å². The lowest BCUT2D eigenvalue weighted by atomic mass is 9.94. The van der Waals surface area contributed by atoms with Gasteiger partial charge in [-0.15, -0.1) is 13.2 Å². The fourth-order valence-electron chi connectivity index (χ4n) is 3.62. The van der Waals surface area contributed by atoms with Gasteiger partial charge in [0.15, 0.2) is 0 Å². The minimum atomic E-state index is -0.398. The smallest absolute Gasteiger partial charge is 0.262 e. The summed E-state index contributed by atoms with van der Waals surface area (Å²) in [5.74, 6) is -1.53. The summed E-state index contributed by atoms with van der Waals surface area (Å²) in [6, 6.07) is 9.90. The number of fused-ring (bicyclic) bond motifs is 2. The molecule has 2 aromatic rings. The zero-order valence-electron chi connectivity index (χ0n) is 15.0. The molecule has 4 rings (SSSR count). The van der Waals surface area contributed by atoms with Crippen molar-refractivity contribution < 1.29 is 19.2 Å². The number of carbonyl (C=O) groups is 4. The van der Waals surface area contributed by atoms with Crippen molar-refractivity contribution in [2.45, 2.75) is 0 Å². The van der Waals surface area contributed by atoms with Crippen molar-refractivity contribution in [3.05, 3.63) is 84.0 Å². The highest BCUT2D eigenvalue weighted by molar-refractivity contribution is 6.25. The van der Waals surface area contributed by atoms with Gasteiger partial charge in [0, 0.05) is 13.1 Å². The van der Waals surface area contributed by atoms with Crippen LogP contribution in [0, 0.1) is 0 Å². The molecule has 0 bridgehead atoms. The van der Waals surface area contributed by atoms with Gasteiger partial charge in [0.05, 0.1) is 22.3 Å². The molecule has 6 heteroatoms. The van der Waals surface area contributed by atoms with Crippen LogP contribution in [0.5, 0.6) is 0 Å². The number of nitrogens with zero attached hydrogens (tertiary/aromatic N) is 2. The van der Waals surface area contributed by atoms with E-state index in [1.165, 1.54) is 12.2 Å². The number of benzene rings is 2. The third-order valence-corrected chi connectivity index (χ3v) is 4.90. The number of rotatable bonds is 5. The molecule has 4 amide bonds. The van der Waals surface area contributed by atoms with Gasteiger partial charge in [-0.05, 0) is 29.3 Å². The molecule has 2 aliphatic rings. The quantitative estimate of drug-likeness (QED) is 0.597. The molecule has 0 spiro atoms. The lowest BCUT2D eigenvalue weighted by Gasteiger charge is -2.11. The highest BCUT2D eigenvalue weighted by Gasteiger charge is 2.38. The monoisotopic (exact) mass is 372 g/mol. The summed E-state index contributed by atoms with van der Waals surface area (Å²) in [6.45, 7) is 7.41. The third kappa shape index (κ3) is 2.35. The van der Waals surface area contributed by atoms with Gasteiger partial charge in [0.25, 0.3) is 23.6 Å². The highest BCUT2D eigenvalue weighted by atomic mass is 16.2. The van der Waals surface area contributed by atoms with Crippen molar-refractivity contribution in [2.24, 2.45) is 0 Å². The van der Waals surface area contributed by atoms with Crippen molar-refractivity contribution in [2.75, 3.05) is 13.1 Å². The molecule has 2 aromatic carbocycles. The van der Waals surface area contributed by atoms with E-state index in [-0.39, 0.29) is 30.5 Å². The van der Waals surface area contributed by atoms with Crippen molar-refractivity contribution >= 4 is 23.6 Å². The Labute approximate surface area is 161 Å². The predicted molar refractivity (Wildman–Crippen MR) is 103 cm³/mol. The Balaban J connectivity index is 1.83. The second kappa shape index (κ2) is 6.42. The molecule has 0 aromatic heterocycles. The van der Waals surface area contributed by atoms with E-state index in [4.69, 9.17) is 0 Å². The van der Waals surface area contributed by atoms with Crippen LogP contribution in [0.3, 0.4) is 0 Å². The summed E-state index contributed by atoms with van der Waals surface area (Å²) in [4.78, 5) is 52.5. The summed E-state index contributed by atoms with van der Waals surface area (Å²) >= 11 is 0. The van der Waals surface area contributed by atoms with Crippen LogP contribution in [0.2, 0.25) is 0 Å². The topological polar surface area (TPSA) is 74.8 Å². The maximum absolute atomic E-state index is 12.8. The van der Waals surface area contributed by atoms with E-state index in [2.05, 4.69) is 13.2 Å². The molecule has 0 unspecified atom stereocenters. The molecule has 0 atom stereocenters. The van der Waals surface area contributed by atoms with Crippen LogP contribution in [0.1, 0.15) is 41.4 Å². The van der Waals surface area contributed by atoms with Gasteiger partial charge < -0.3 is 0 Å². The largest absolute Gasteiger partial charge is 0.270 e.